The number of carbonyl (C=O) groups is 2. The van der Waals surface area contributed by atoms with Crippen molar-refractivity contribution in [3.05, 3.63) is 35.9 Å². The average Bonchev–Trinajstić information content (AvgIpc) is 3.12. The van der Waals surface area contributed by atoms with Crippen molar-refractivity contribution in [1.29, 1.82) is 0 Å². The molecule has 1 aromatic carbocycles. The number of benzene rings is 1. The molecule has 0 radical (unpaired) electrons. The van der Waals surface area contributed by atoms with Crippen LogP contribution in [0.25, 0.3) is 0 Å². The predicted octanol–water partition coefficient (Wildman–Crippen LogP) is 1.58. The van der Waals surface area contributed by atoms with Crippen LogP contribution in [0.5, 0.6) is 11.5 Å². The number of carbonyl (C=O) groups excluding carboxylic acids is 2. The molecule has 2 amide bonds. The van der Waals surface area contributed by atoms with E-state index in [2.05, 4.69) is 11.9 Å². The normalized spacial score (nSPS) is 21.7. The zero-order chi connectivity index (χ0) is 16.6. The third-order valence-electron chi connectivity index (χ3n) is 4.02. The number of amides is 2. The number of nitrogens with zero attached hydrogens (tertiary/aromatic N) is 1. The molecule has 0 bridgehead atoms. The maximum atomic E-state index is 12.9. The van der Waals surface area contributed by atoms with Crippen molar-refractivity contribution in [2.24, 2.45) is 0 Å². The van der Waals surface area contributed by atoms with Gasteiger partial charge in [0.15, 0.2) is 11.5 Å². The van der Waals surface area contributed by atoms with Gasteiger partial charge in [-0.25, -0.2) is 0 Å². The summed E-state index contributed by atoms with van der Waals surface area (Å²) in [5.74, 6) is 1.16. The molecule has 2 aliphatic rings. The van der Waals surface area contributed by atoms with Crippen molar-refractivity contribution < 1.29 is 19.1 Å². The van der Waals surface area contributed by atoms with Crippen LogP contribution in [0.15, 0.2) is 24.8 Å². The number of nitrogens with one attached hydrogen (secondary N) is 1. The molecule has 2 heterocycles. The van der Waals surface area contributed by atoms with Gasteiger partial charge in [-0.1, -0.05) is 12.1 Å². The van der Waals surface area contributed by atoms with Crippen molar-refractivity contribution in [3.63, 3.8) is 0 Å². The van der Waals surface area contributed by atoms with Gasteiger partial charge in [0.1, 0.15) is 11.4 Å². The lowest BCUT2D eigenvalue weighted by Gasteiger charge is -2.22. The van der Waals surface area contributed by atoms with Crippen molar-refractivity contribution in [2.75, 3.05) is 26.5 Å². The van der Waals surface area contributed by atoms with E-state index in [0.717, 1.165) is 5.56 Å². The lowest BCUT2D eigenvalue weighted by molar-refractivity contribution is -0.124. The molecule has 0 spiro atoms. The van der Waals surface area contributed by atoms with E-state index in [4.69, 9.17) is 9.47 Å². The summed E-state index contributed by atoms with van der Waals surface area (Å²) in [7, 11) is 3.04. The van der Waals surface area contributed by atoms with Crippen LogP contribution in [0.3, 0.4) is 0 Å². The van der Waals surface area contributed by atoms with Crippen LogP contribution in [0, 0.1) is 0 Å². The van der Waals surface area contributed by atoms with Gasteiger partial charge < -0.3 is 19.7 Å². The van der Waals surface area contributed by atoms with Crippen LogP contribution in [0.2, 0.25) is 0 Å². The summed E-state index contributed by atoms with van der Waals surface area (Å²) in [5.41, 5.74) is 1.36. The molecular weight excluding hydrogens is 316 g/mol. The van der Waals surface area contributed by atoms with Crippen molar-refractivity contribution >= 4 is 23.6 Å². The maximum Gasteiger partial charge on any atom is 0.260 e. The Kier molecular flexibility index (Phi) is 4.21. The molecule has 1 fully saturated rings. The molecule has 2 atom stereocenters. The molecule has 1 aromatic rings. The van der Waals surface area contributed by atoms with Crippen LogP contribution < -0.4 is 14.8 Å². The van der Waals surface area contributed by atoms with Crippen LogP contribution in [-0.4, -0.2) is 49.3 Å². The standard InChI is InChI=1S/C16H18N2O4S/c1-4-7-17-14(19)10-8-23-16-9-5-6-11(21-2)13(22-3)12(9)15(20)18(10)16/h4-6,10,16H,1,7-8H2,2-3H3,(H,17,19)/t10-,16-/m0/s1. The minimum Gasteiger partial charge on any atom is -0.493 e. The minimum absolute atomic E-state index is 0.156. The minimum atomic E-state index is -0.486. The molecule has 7 heteroatoms. The Morgan fingerprint density at radius 1 is 1.48 bits per heavy atom. The van der Waals surface area contributed by atoms with Gasteiger partial charge in [0.2, 0.25) is 5.91 Å². The number of methoxy groups -OCH3 is 2. The molecule has 2 aliphatic heterocycles. The number of hydrogen-bond donors (Lipinski definition) is 1. The predicted molar refractivity (Wildman–Crippen MR) is 87.9 cm³/mol. The second-order valence-electron chi connectivity index (χ2n) is 5.21. The molecule has 0 aliphatic carbocycles. The molecule has 1 N–H and O–H groups in total. The Labute approximate surface area is 138 Å². The molecule has 122 valence electrons. The molecule has 3 rings (SSSR count). The van der Waals surface area contributed by atoms with Crippen LogP contribution in [0.1, 0.15) is 21.3 Å². The van der Waals surface area contributed by atoms with E-state index in [9.17, 15) is 9.59 Å². The Bertz CT molecular complexity index is 676. The van der Waals surface area contributed by atoms with Gasteiger partial charge in [0, 0.05) is 17.9 Å². The largest absolute Gasteiger partial charge is 0.493 e. The van der Waals surface area contributed by atoms with E-state index in [1.165, 1.54) is 14.2 Å². The monoisotopic (exact) mass is 334 g/mol. The summed E-state index contributed by atoms with van der Waals surface area (Å²) in [6, 6.07) is 3.18. The molecule has 6 nitrogen and oxygen atoms in total. The summed E-state index contributed by atoms with van der Waals surface area (Å²) in [4.78, 5) is 26.8. The zero-order valence-electron chi connectivity index (χ0n) is 13.0. The topological polar surface area (TPSA) is 67.9 Å². The Hall–Kier alpha value is -2.15. The summed E-state index contributed by atoms with van der Waals surface area (Å²) < 4.78 is 10.6. The fraction of sp³-hybridized carbons (Fsp3) is 0.375. The average molecular weight is 334 g/mol. The van der Waals surface area contributed by atoms with E-state index < -0.39 is 6.04 Å². The highest BCUT2D eigenvalue weighted by atomic mass is 32.2. The SMILES string of the molecule is C=CCNC(=O)[C@@H]1CS[C@H]2c3ccc(OC)c(OC)c3C(=O)N12. The van der Waals surface area contributed by atoms with Crippen molar-refractivity contribution in [2.45, 2.75) is 11.4 Å². The van der Waals surface area contributed by atoms with E-state index in [0.29, 0.717) is 29.4 Å². The number of fused-ring (bicyclic) bond motifs is 3. The lowest BCUT2D eigenvalue weighted by atomic mass is 10.1. The fourth-order valence-electron chi connectivity index (χ4n) is 2.98. The highest BCUT2D eigenvalue weighted by Gasteiger charge is 2.50. The number of thioether (sulfide) groups is 1. The number of rotatable bonds is 5. The van der Waals surface area contributed by atoms with Gasteiger partial charge in [-0.3, -0.25) is 9.59 Å². The smallest absolute Gasteiger partial charge is 0.260 e. The number of hydrogen-bond acceptors (Lipinski definition) is 5. The molecule has 0 saturated carbocycles. The third-order valence-corrected chi connectivity index (χ3v) is 5.32. The lowest BCUT2D eigenvalue weighted by Crippen LogP contribution is -2.46. The Morgan fingerprint density at radius 3 is 2.91 bits per heavy atom. The first-order valence-electron chi connectivity index (χ1n) is 7.21. The van der Waals surface area contributed by atoms with Crippen molar-refractivity contribution in [1.82, 2.24) is 10.2 Å². The van der Waals surface area contributed by atoms with Crippen LogP contribution >= 0.6 is 11.8 Å². The quantitative estimate of drug-likeness (QED) is 0.828. The van der Waals surface area contributed by atoms with E-state index in [-0.39, 0.29) is 17.2 Å². The maximum absolute atomic E-state index is 12.9. The Morgan fingerprint density at radius 2 is 2.26 bits per heavy atom. The van der Waals surface area contributed by atoms with Gasteiger partial charge in [-0.05, 0) is 6.07 Å². The van der Waals surface area contributed by atoms with E-state index >= 15 is 0 Å². The van der Waals surface area contributed by atoms with Crippen LogP contribution in [-0.2, 0) is 4.79 Å². The van der Waals surface area contributed by atoms with Crippen LogP contribution in [0.4, 0.5) is 0 Å². The highest BCUT2D eigenvalue weighted by molar-refractivity contribution is 7.99. The fourth-order valence-corrected chi connectivity index (χ4v) is 4.44. The van der Waals surface area contributed by atoms with Gasteiger partial charge in [0.05, 0.1) is 19.8 Å². The summed E-state index contributed by atoms with van der Waals surface area (Å²) in [6.07, 6.45) is 1.62. The summed E-state index contributed by atoms with van der Waals surface area (Å²) >= 11 is 1.58. The molecular formula is C16H18N2O4S. The molecule has 0 aromatic heterocycles. The zero-order valence-corrected chi connectivity index (χ0v) is 13.8. The first kappa shape index (κ1) is 15.7. The van der Waals surface area contributed by atoms with Gasteiger partial charge in [-0.2, -0.15) is 0 Å². The third kappa shape index (κ3) is 2.35. The molecule has 0 unspecified atom stereocenters. The molecule has 1 saturated heterocycles. The van der Waals surface area contributed by atoms with Crippen molar-refractivity contribution in [3.8, 4) is 11.5 Å². The Balaban J connectivity index is 1.96. The first-order chi connectivity index (χ1) is 11.1. The van der Waals surface area contributed by atoms with Gasteiger partial charge >= 0.3 is 0 Å². The summed E-state index contributed by atoms with van der Waals surface area (Å²) in [5, 5.41) is 2.61. The summed E-state index contributed by atoms with van der Waals surface area (Å²) in [6.45, 7) is 3.97. The van der Waals surface area contributed by atoms with Gasteiger partial charge in [-0.15, -0.1) is 18.3 Å². The second kappa shape index (κ2) is 6.16. The molecule has 23 heavy (non-hydrogen) atoms. The second-order valence-corrected chi connectivity index (χ2v) is 6.33. The highest BCUT2D eigenvalue weighted by Crippen LogP contribution is 2.52. The van der Waals surface area contributed by atoms with E-state index in [1.807, 2.05) is 6.07 Å². The number of ether oxygens (including phenoxy) is 2. The first-order valence-corrected chi connectivity index (χ1v) is 8.26. The van der Waals surface area contributed by atoms with E-state index in [1.54, 1.807) is 28.8 Å². The van der Waals surface area contributed by atoms with Gasteiger partial charge in [0.25, 0.3) is 5.91 Å².